The first-order valence-electron chi connectivity index (χ1n) is 14.2. The molecule has 2 fully saturated rings. The van der Waals surface area contributed by atoms with E-state index in [0.717, 1.165) is 7.11 Å². The molecule has 10 atom stereocenters. The third-order valence-corrected chi connectivity index (χ3v) is 6.98. The zero-order valence-electron chi connectivity index (χ0n) is 25.2. The lowest BCUT2D eigenvalue weighted by molar-refractivity contribution is -0.327. The van der Waals surface area contributed by atoms with Gasteiger partial charge in [0.2, 0.25) is 5.91 Å². The van der Waals surface area contributed by atoms with Gasteiger partial charge in [-0.15, -0.1) is 0 Å². The number of methoxy groups -OCH3 is 2. The van der Waals surface area contributed by atoms with Crippen LogP contribution in [0.4, 0.5) is 9.59 Å². The Hall–Kier alpha value is -2.84. The highest BCUT2D eigenvalue weighted by molar-refractivity contribution is 5.74. The molecule has 18 nitrogen and oxygen atoms in total. The van der Waals surface area contributed by atoms with Crippen LogP contribution in [0.1, 0.15) is 33.1 Å². The molecule has 0 radical (unpaired) electrons. The average molecular weight is 640 g/mol. The van der Waals surface area contributed by atoms with E-state index in [1.165, 1.54) is 14.0 Å². The zero-order valence-corrected chi connectivity index (χ0v) is 25.2. The summed E-state index contributed by atoms with van der Waals surface area (Å²) in [6.07, 6.45) is -12.5. The van der Waals surface area contributed by atoms with Crippen LogP contribution in [0.3, 0.4) is 0 Å². The van der Waals surface area contributed by atoms with E-state index in [0.29, 0.717) is 32.4 Å². The van der Waals surface area contributed by atoms with Crippen LogP contribution in [0.2, 0.25) is 0 Å². The van der Waals surface area contributed by atoms with E-state index >= 15 is 0 Å². The van der Waals surface area contributed by atoms with Crippen molar-refractivity contribution >= 4 is 24.1 Å². The highest BCUT2D eigenvalue weighted by Crippen LogP contribution is 2.30. The Labute approximate surface area is 254 Å². The molecule has 2 aliphatic rings. The number of nitrogens with one attached hydrogen (secondary N) is 3. The summed E-state index contributed by atoms with van der Waals surface area (Å²) in [5, 5.41) is 49.4. The first kappa shape index (κ1) is 37.3. The van der Waals surface area contributed by atoms with E-state index in [1.807, 2.05) is 0 Å². The maximum absolute atomic E-state index is 12.2. The molecule has 254 valence electrons. The van der Waals surface area contributed by atoms with Gasteiger partial charge in [0.25, 0.3) is 0 Å². The molecule has 0 aromatic carbocycles. The Bertz CT molecular complexity index is 927. The van der Waals surface area contributed by atoms with Gasteiger partial charge < -0.3 is 69.5 Å². The second-order valence-corrected chi connectivity index (χ2v) is 10.3. The lowest BCUT2D eigenvalue weighted by Crippen LogP contribution is -2.67. The molecular weight excluding hydrogens is 594 g/mol. The number of carbonyl (C=O) groups excluding carboxylic acids is 3. The molecule has 0 spiro atoms. The molecule has 18 heteroatoms. The number of aliphatic hydroxyl groups excluding tert-OH is 3. The summed E-state index contributed by atoms with van der Waals surface area (Å²) >= 11 is 0. The van der Waals surface area contributed by atoms with Crippen LogP contribution in [0.25, 0.3) is 0 Å². The standard InChI is InChI=1S/C26H45N3O15/c1-13-16(29-14(2)30)20(43-24-19(33)18(32)21(39-4)22(44-24)23(34)35)17(31)15(42-13)12-41-26(37)28-9-7-5-6-8-27-25(36)40-11-10-38-3/h13,15-22,24,31-33H,5-12H2,1-4H3,(H,27,36)(H,28,37)(H,29,30)(H,34,35)/t13-,15-,16+,17?,18+,19-,20-,21?,22+,24-/m0/s1. The molecule has 3 amide bonds. The van der Waals surface area contributed by atoms with Gasteiger partial charge in [0.15, 0.2) is 12.4 Å². The third kappa shape index (κ3) is 11.3. The number of hydrogen-bond acceptors (Lipinski definition) is 14. The predicted octanol–water partition coefficient (Wildman–Crippen LogP) is -2.16. The molecule has 0 aliphatic carbocycles. The van der Waals surface area contributed by atoms with E-state index in [1.54, 1.807) is 6.92 Å². The lowest BCUT2D eigenvalue weighted by Gasteiger charge is -2.47. The van der Waals surface area contributed by atoms with Crippen molar-refractivity contribution in [2.24, 2.45) is 0 Å². The smallest absolute Gasteiger partial charge is 0.407 e. The van der Waals surface area contributed by atoms with E-state index in [9.17, 15) is 39.6 Å². The van der Waals surface area contributed by atoms with Crippen LogP contribution >= 0.6 is 0 Å². The Balaban J connectivity index is 1.88. The van der Waals surface area contributed by atoms with Gasteiger partial charge in [0.1, 0.15) is 49.8 Å². The number of aliphatic hydroxyl groups is 3. The van der Waals surface area contributed by atoms with Crippen molar-refractivity contribution in [3.8, 4) is 0 Å². The van der Waals surface area contributed by atoms with E-state index in [2.05, 4.69) is 16.0 Å². The monoisotopic (exact) mass is 639 g/mol. The highest BCUT2D eigenvalue weighted by atomic mass is 16.7. The molecule has 2 aliphatic heterocycles. The van der Waals surface area contributed by atoms with E-state index < -0.39 is 91.8 Å². The van der Waals surface area contributed by atoms with Crippen molar-refractivity contribution in [3.63, 3.8) is 0 Å². The summed E-state index contributed by atoms with van der Waals surface area (Å²) in [6, 6.07) is -0.995. The van der Waals surface area contributed by atoms with Crippen LogP contribution in [-0.4, -0.2) is 153 Å². The fraction of sp³-hybridized carbons (Fsp3) is 0.846. The summed E-state index contributed by atoms with van der Waals surface area (Å²) in [5.41, 5.74) is 0. The molecule has 0 saturated carbocycles. The molecule has 7 N–H and O–H groups in total. The predicted molar refractivity (Wildman–Crippen MR) is 146 cm³/mol. The second kappa shape index (κ2) is 18.8. The Morgan fingerprint density at radius 2 is 1.45 bits per heavy atom. The Morgan fingerprint density at radius 3 is 2.02 bits per heavy atom. The summed E-state index contributed by atoms with van der Waals surface area (Å²) in [5.74, 6) is -1.98. The van der Waals surface area contributed by atoms with Gasteiger partial charge in [-0.2, -0.15) is 0 Å². The number of ether oxygens (including phenoxy) is 7. The summed E-state index contributed by atoms with van der Waals surface area (Å²) in [4.78, 5) is 47.2. The minimum absolute atomic E-state index is 0.157. The summed E-state index contributed by atoms with van der Waals surface area (Å²) in [7, 11) is 2.64. The van der Waals surface area contributed by atoms with E-state index in [-0.39, 0.29) is 13.2 Å². The topological polar surface area (TPSA) is 250 Å². The lowest BCUT2D eigenvalue weighted by atomic mass is 9.92. The minimum atomic E-state index is -1.77. The molecule has 2 unspecified atom stereocenters. The summed E-state index contributed by atoms with van der Waals surface area (Å²) in [6.45, 7) is 3.53. The number of carbonyl (C=O) groups is 4. The van der Waals surface area contributed by atoms with Gasteiger partial charge >= 0.3 is 18.2 Å². The number of hydrogen-bond donors (Lipinski definition) is 7. The zero-order chi connectivity index (χ0) is 32.8. The number of alkyl carbamates (subject to hydrolysis) is 2. The van der Waals surface area contributed by atoms with Gasteiger partial charge in [0.05, 0.1) is 18.8 Å². The van der Waals surface area contributed by atoms with Gasteiger partial charge in [-0.25, -0.2) is 14.4 Å². The van der Waals surface area contributed by atoms with Crippen LogP contribution < -0.4 is 16.0 Å². The maximum Gasteiger partial charge on any atom is 0.407 e. The molecule has 0 aromatic rings. The van der Waals surface area contributed by atoms with Gasteiger partial charge in [-0.05, 0) is 26.2 Å². The average Bonchev–Trinajstić information content (AvgIpc) is 2.97. The molecule has 2 rings (SSSR count). The third-order valence-electron chi connectivity index (χ3n) is 6.98. The van der Waals surface area contributed by atoms with Crippen molar-refractivity contribution in [1.29, 1.82) is 0 Å². The highest BCUT2D eigenvalue weighted by Gasteiger charge is 2.52. The normalized spacial score (nSPS) is 31.9. The quantitative estimate of drug-likeness (QED) is 0.0889. The van der Waals surface area contributed by atoms with Crippen LogP contribution in [-0.2, 0) is 42.7 Å². The van der Waals surface area contributed by atoms with Gasteiger partial charge in [-0.3, -0.25) is 4.79 Å². The molecule has 0 aromatic heterocycles. The van der Waals surface area contributed by atoms with Crippen molar-refractivity contribution in [1.82, 2.24) is 16.0 Å². The molecular formula is C26H45N3O15. The van der Waals surface area contributed by atoms with Crippen LogP contribution in [0.15, 0.2) is 0 Å². The fourth-order valence-electron chi connectivity index (χ4n) is 4.72. The Kier molecular flexibility index (Phi) is 16.0. The number of unbranched alkanes of at least 4 members (excludes halogenated alkanes) is 2. The fourth-order valence-corrected chi connectivity index (χ4v) is 4.72. The van der Waals surface area contributed by atoms with Gasteiger partial charge in [-0.1, -0.05) is 0 Å². The maximum atomic E-state index is 12.2. The first-order chi connectivity index (χ1) is 20.9. The second-order valence-electron chi connectivity index (χ2n) is 10.3. The Morgan fingerprint density at radius 1 is 0.818 bits per heavy atom. The molecule has 2 saturated heterocycles. The van der Waals surface area contributed by atoms with Crippen molar-refractivity contribution in [2.45, 2.75) is 94.3 Å². The molecule has 2 heterocycles. The van der Waals surface area contributed by atoms with Crippen molar-refractivity contribution in [2.75, 3.05) is 47.1 Å². The largest absolute Gasteiger partial charge is 0.479 e. The number of rotatable bonds is 16. The number of carboxylic acid groups (broad SMARTS) is 1. The molecule has 44 heavy (non-hydrogen) atoms. The van der Waals surface area contributed by atoms with Crippen LogP contribution in [0, 0.1) is 0 Å². The summed E-state index contributed by atoms with van der Waals surface area (Å²) < 4.78 is 36.8. The van der Waals surface area contributed by atoms with Crippen LogP contribution in [0.5, 0.6) is 0 Å². The molecule has 0 bridgehead atoms. The van der Waals surface area contributed by atoms with Crippen molar-refractivity contribution in [3.05, 3.63) is 0 Å². The van der Waals surface area contributed by atoms with Gasteiger partial charge in [0, 0.05) is 34.2 Å². The number of carboxylic acids is 1. The number of amides is 3. The SMILES string of the molecule is COCCOC(=O)NCCCCCNC(=O)OC[C@@H]1O[C@@H](C)[C@@H](NC(C)=O)[C@H](O[C@H]2O[C@@H](C(=O)O)C(OC)[C@H](O)[C@@H]2O)C1O. The van der Waals surface area contributed by atoms with Crippen molar-refractivity contribution < 1.29 is 72.8 Å². The van der Waals surface area contributed by atoms with E-state index in [4.69, 9.17) is 33.2 Å². The first-order valence-corrected chi connectivity index (χ1v) is 14.2. The minimum Gasteiger partial charge on any atom is -0.479 e. The number of aliphatic carboxylic acids is 1.